The molecule has 6 nitrogen and oxygen atoms in total. The number of carbonyl (C=O) groups is 1. The number of benzene rings is 1. The van der Waals surface area contributed by atoms with Crippen molar-refractivity contribution in [2.45, 2.75) is 13.0 Å². The third-order valence-corrected chi connectivity index (χ3v) is 4.20. The summed E-state index contributed by atoms with van der Waals surface area (Å²) >= 11 is 6.43. The maximum absolute atomic E-state index is 12.0. The fourth-order valence-electron chi connectivity index (χ4n) is 2.53. The van der Waals surface area contributed by atoms with E-state index in [2.05, 4.69) is 10.4 Å². The predicted molar refractivity (Wildman–Crippen MR) is 95.9 cm³/mol. The summed E-state index contributed by atoms with van der Waals surface area (Å²) in [5, 5.41) is 7.71. The van der Waals surface area contributed by atoms with E-state index in [0.29, 0.717) is 31.5 Å². The zero-order valence-corrected chi connectivity index (χ0v) is 14.7. The second kappa shape index (κ2) is 8.29. The molecule has 0 spiro atoms. The minimum absolute atomic E-state index is 0.0998. The molecule has 1 aliphatic heterocycles. The Morgan fingerprint density at radius 2 is 2.20 bits per heavy atom. The molecule has 1 aromatic heterocycles. The van der Waals surface area contributed by atoms with Crippen molar-refractivity contribution in [2.75, 3.05) is 26.4 Å². The highest BCUT2D eigenvalue weighted by atomic mass is 35.5. The van der Waals surface area contributed by atoms with Crippen LogP contribution in [0.4, 0.5) is 0 Å². The highest BCUT2D eigenvalue weighted by molar-refractivity contribution is 6.31. The van der Waals surface area contributed by atoms with Gasteiger partial charge in [0, 0.05) is 18.2 Å². The average molecular weight is 362 g/mol. The van der Waals surface area contributed by atoms with Crippen molar-refractivity contribution in [3.8, 4) is 5.69 Å². The van der Waals surface area contributed by atoms with Crippen molar-refractivity contribution in [2.24, 2.45) is 0 Å². The van der Waals surface area contributed by atoms with Gasteiger partial charge in [-0.05, 0) is 25.1 Å². The van der Waals surface area contributed by atoms with E-state index >= 15 is 0 Å². The lowest BCUT2D eigenvalue weighted by molar-refractivity contribution is -0.119. The number of nitrogens with zero attached hydrogens (tertiary/aromatic N) is 2. The quantitative estimate of drug-likeness (QED) is 0.830. The number of aromatic nitrogens is 2. The van der Waals surface area contributed by atoms with E-state index in [1.165, 1.54) is 6.08 Å². The summed E-state index contributed by atoms with van der Waals surface area (Å²) in [6.45, 7) is 3.94. The summed E-state index contributed by atoms with van der Waals surface area (Å²) in [6.07, 6.45) is 3.03. The van der Waals surface area contributed by atoms with Gasteiger partial charge in [0.1, 0.15) is 5.15 Å². The van der Waals surface area contributed by atoms with Crippen molar-refractivity contribution in [3.05, 3.63) is 52.8 Å². The maximum Gasteiger partial charge on any atom is 0.244 e. The van der Waals surface area contributed by atoms with Gasteiger partial charge in [0.05, 0.1) is 37.3 Å². The molecule has 2 aromatic rings. The van der Waals surface area contributed by atoms with Crippen LogP contribution in [0.15, 0.2) is 36.4 Å². The normalized spacial score (nSPS) is 17.8. The minimum Gasteiger partial charge on any atom is -0.376 e. The Kier molecular flexibility index (Phi) is 5.86. The van der Waals surface area contributed by atoms with Crippen LogP contribution in [0.2, 0.25) is 5.15 Å². The van der Waals surface area contributed by atoms with E-state index < -0.39 is 0 Å². The van der Waals surface area contributed by atoms with E-state index in [1.54, 1.807) is 10.8 Å². The van der Waals surface area contributed by atoms with Gasteiger partial charge >= 0.3 is 0 Å². The molecular formula is C18H20ClN3O3. The molecule has 0 radical (unpaired) electrons. The van der Waals surface area contributed by atoms with Gasteiger partial charge in [0.2, 0.25) is 5.91 Å². The van der Waals surface area contributed by atoms with Gasteiger partial charge in [-0.25, -0.2) is 4.68 Å². The monoisotopic (exact) mass is 361 g/mol. The molecule has 1 aromatic carbocycles. The van der Waals surface area contributed by atoms with E-state index in [1.807, 2.05) is 37.3 Å². The summed E-state index contributed by atoms with van der Waals surface area (Å²) in [6, 6.07) is 9.61. The van der Waals surface area contributed by atoms with E-state index in [0.717, 1.165) is 16.9 Å². The zero-order valence-electron chi connectivity index (χ0n) is 13.9. The number of halogens is 1. The van der Waals surface area contributed by atoms with Crippen molar-refractivity contribution in [3.63, 3.8) is 0 Å². The van der Waals surface area contributed by atoms with E-state index in [4.69, 9.17) is 21.1 Å². The molecule has 0 bridgehead atoms. The Bertz CT molecular complexity index is 752. The van der Waals surface area contributed by atoms with Crippen LogP contribution in [0.25, 0.3) is 11.8 Å². The van der Waals surface area contributed by atoms with Crippen LogP contribution < -0.4 is 5.32 Å². The number of nitrogens with one attached hydrogen (secondary N) is 1. The van der Waals surface area contributed by atoms with Crippen LogP contribution in [0.1, 0.15) is 11.3 Å². The van der Waals surface area contributed by atoms with Gasteiger partial charge in [-0.15, -0.1) is 0 Å². The summed E-state index contributed by atoms with van der Waals surface area (Å²) < 4.78 is 12.4. The van der Waals surface area contributed by atoms with Crippen molar-refractivity contribution >= 4 is 23.6 Å². The predicted octanol–water partition coefficient (Wildman–Crippen LogP) is 2.38. The van der Waals surface area contributed by atoms with Crippen LogP contribution in [-0.2, 0) is 14.3 Å². The Labute approximate surface area is 151 Å². The first-order chi connectivity index (χ1) is 12.1. The number of ether oxygens (including phenoxy) is 2. The van der Waals surface area contributed by atoms with Gasteiger partial charge in [0.15, 0.2) is 0 Å². The lowest BCUT2D eigenvalue weighted by Crippen LogP contribution is -2.39. The Hall–Kier alpha value is -2.15. The van der Waals surface area contributed by atoms with Gasteiger partial charge < -0.3 is 14.8 Å². The molecule has 1 atom stereocenters. The number of aryl methyl sites for hydroxylation is 1. The van der Waals surface area contributed by atoms with Crippen LogP contribution in [-0.4, -0.2) is 48.2 Å². The number of carbonyl (C=O) groups excluding carboxylic acids is 1. The first-order valence-electron chi connectivity index (χ1n) is 8.11. The van der Waals surface area contributed by atoms with Gasteiger partial charge in [-0.2, -0.15) is 5.10 Å². The van der Waals surface area contributed by atoms with Gasteiger partial charge in [-0.3, -0.25) is 4.79 Å². The fourth-order valence-corrected chi connectivity index (χ4v) is 2.86. The number of hydrogen-bond acceptors (Lipinski definition) is 4. The standard InChI is InChI=1S/C18H20ClN3O3/c1-13-16(18(19)22(21-13)14-5-3-2-4-6-14)7-8-17(23)20-11-15-12-24-9-10-25-15/h2-8,15H,9-12H2,1H3,(H,20,23). The molecule has 1 amide bonds. The third kappa shape index (κ3) is 4.48. The molecule has 3 rings (SSSR count). The molecule has 1 aliphatic rings. The van der Waals surface area contributed by atoms with E-state index in [9.17, 15) is 4.79 Å². The van der Waals surface area contributed by atoms with Crippen molar-refractivity contribution in [1.82, 2.24) is 15.1 Å². The minimum atomic E-state index is -0.211. The molecule has 1 N–H and O–H groups in total. The molecular weight excluding hydrogens is 342 g/mol. The zero-order chi connectivity index (χ0) is 17.6. The van der Waals surface area contributed by atoms with Crippen LogP contribution in [0, 0.1) is 6.92 Å². The Balaban J connectivity index is 1.65. The van der Waals surface area contributed by atoms with E-state index in [-0.39, 0.29) is 12.0 Å². The number of amides is 1. The molecule has 0 aliphatic carbocycles. The van der Waals surface area contributed by atoms with Crippen molar-refractivity contribution < 1.29 is 14.3 Å². The summed E-state index contributed by atoms with van der Waals surface area (Å²) in [7, 11) is 0. The Morgan fingerprint density at radius 3 is 2.92 bits per heavy atom. The first-order valence-corrected chi connectivity index (χ1v) is 8.49. The second-order valence-corrected chi connectivity index (χ2v) is 6.04. The average Bonchev–Trinajstić information content (AvgIpc) is 2.94. The molecule has 1 unspecified atom stereocenters. The maximum atomic E-state index is 12.0. The van der Waals surface area contributed by atoms with Crippen molar-refractivity contribution in [1.29, 1.82) is 0 Å². The molecule has 7 heteroatoms. The third-order valence-electron chi connectivity index (χ3n) is 3.84. The SMILES string of the molecule is Cc1nn(-c2ccccc2)c(Cl)c1C=CC(=O)NCC1COCCO1. The van der Waals surface area contributed by atoms with Crippen LogP contribution >= 0.6 is 11.6 Å². The number of rotatable bonds is 5. The largest absolute Gasteiger partial charge is 0.376 e. The smallest absolute Gasteiger partial charge is 0.244 e. The fraction of sp³-hybridized carbons (Fsp3) is 0.333. The highest BCUT2D eigenvalue weighted by Gasteiger charge is 2.15. The summed E-state index contributed by atoms with van der Waals surface area (Å²) in [5.41, 5.74) is 2.34. The van der Waals surface area contributed by atoms with Crippen LogP contribution in [0.5, 0.6) is 0 Å². The second-order valence-electron chi connectivity index (χ2n) is 5.68. The molecule has 1 fully saturated rings. The molecule has 2 heterocycles. The number of para-hydroxylation sites is 1. The highest BCUT2D eigenvalue weighted by Crippen LogP contribution is 2.24. The lowest BCUT2D eigenvalue weighted by atomic mass is 10.2. The molecule has 132 valence electrons. The number of hydrogen-bond donors (Lipinski definition) is 1. The molecule has 0 saturated carbocycles. The van der Waals surface area contributed by atoms with Crippen LogP contribution in [0.3, 0.4) is 0 Å². The summed E-state index contributed by atoms with van der Waals surface area (Å²) in [5.74, 6) is -0.211. The molecule has 25 heavy (non-hydrogen) atoms. The topological polar surface area (TPSA) is 65.4 Å². The summed E-state index contributed by atoms with van der Waals surface area (Å²) in [4.78, 5) is 12.0. The molecule has 1 saturated heterocycles. The van der Waals surface area contributed by atoms with Gasteiger partial charge in [-0.1, -0.05) is 29.8 Å². The van der Waals surface area contributed by atoms with Gasteiger partial charge in [0.25, 0.3) is 0 Å². The lowest BCUT2D eigenvalue weighted by Gasteiger charge is -2.22. The Morgan fingerprint density at radius 1 is 1.40 bits per heavy atom. The first kappa shape index (κ1) is 17.7.